The molecule has 3 aromatic heterocycles. The highest BCUT2D eigenvalue weighted by Crippen LogP contribution is 2.29. The van der Waals surface area contributed by atoms with Gasteiger partial charge in [0.05, 0.1) is 22.5 Å². The lowest BCUT2D eigenvalue weighted by Crippen LogP contribution is -2.15. The molecule has 1 aromatic carbocycles. The van der Waals surface area contributed by atoms with E-state index in [1.165, 1.54) is 22.8 Å². The Morgan fingerprint density at radius 2 is 1.92 bits per heavy atom. The fraction of sp³-hybridized carbons (Fsp3) is 0. The molecule has 0 saturated heterocycles. The number of halogens is 2. The molecular formula is C18H11ClFN5O. The Labute approximate surface area is 152 Å². The van der Waals surface area contributed by atoms with E-state index < -0.39 is 11.7 Å². The van der Waals surface area contributed by atoms with Crippen LogP contribution in [0.2, 0.25) is 5.02 Å². The van der Waals surface area contributed by atoms with Crippen LogP contribution >= 0.6 is 11.6 Å². The molecule has 0 radical (unpaired) electrons. The van der Waals surface area contributed by atoms with Crippen molar-refractivity contribution < 1.29 is 9.18 Å². The van der Waals surface area contributed by atoms with Gasteiger partial charge in [-0.2, -0.15) is 5.10 Å². The van der Waals surface area contributed by atoms with E-state index in [-0.39, 0.29) is 16.3 Å². The molecule has 0 unspecified atom stereocenters. The highest BCUT2D eigenvalue weighted by atomic mass is 35.5. The zero-order chi connectivity index (χ0) is 18.1. The number of hydrogen-bond acceptors (Lipinski definition) is 4. The van der Waals surface area contributed by atoms with Gasteiger partial charge in [-0.05, 0) is 36.4 Å². The Morgan fingerprint density at radius 3 is 2.69 bits per heavy atom. The molecule has 3 heterocycles. The van der Waals surface area contributed by atoms with Gasteiger partial charge in [-0.15, -0.1) is 0 Å². The minimum Gasteiger partial charge on any atom is -0.320 e. The smallest absolute Gasteiger partial charge is 0.276 e. The summed E-state index contributed by atoms with van der Waals surface area (Å²) in [4.78, 5) is 20.6. The first-order chi connectivity index (χ1) is 12.6. The van der Waals surface area contributed by atoms with Crippen LogP contribution in [0.25, 0.3) is 16.9 Å². The van der Waals surface area contributed by atoms with Crippen molar-refractivity contribution in [1.29, 1.82) is 0 Å². The van der Waals surface area contributed by atoms with E-state index in [2.05, 4.69) is 20.4 Å². The van der Waals surface area contributed by atoms with Crippen LogP contribution in [-0.4, -0.2) is 25.5 Å². The zero-order valence-electron chi connectivity index (χ0n) is 13.2. The molecule has 0 aliphatic heterocycles. The van der Waals surface area contributed by atoms with Gasteiger partial charge in [-0.25, -0.2) is 13.9 Å². The van der Waals surface area contributed by atoms with Crippen LogP contribution in [-0.2, 0) is 0 Å². The summed E-state index contributed by atoms with van der Waals surface area (Å²) >= 11 is 6.11. The molecule has 0 atom stereocenters. The van der Waals surface area contributed by atoms with E-state index in [9.17, 15) is 9.18 Å². The van der Waals surface area contributed by atoms with Crippen molar-refractivity contribution in [2.75, 3.05) is 5.32 Å². The van der Waals surface area contributed by atoms with Crippen molar-refractivity contribution in [2.45, 2.75) is 0 Å². The first-order valence-electron chi connectivity index (χ1n) is 7.64. The monoisotopic (exact) mass is 367 g/mol. The molecule has 128 valence electrons. The molecule has 8 heteroatoms. The molecule has 0 fully saturated rings. The van der Waals surface area contributed by atoms with Gasteiger partial charge in [-0.3, -0.25) is 9.78 Å². The molecular weight excluding hydrogens is 357 g/mol. The van der Waals surface area contributed by atoms with Gasteiger partial charge in [0.2, 0.25) is 0 Å². The first-order valence-corrected chi connectivity index (χ1v) is 8.02. The van der Waals surface area contributed by atoms with Crippen LogP contribution in [0.3, 0.4) is 0 Å². The number of amides is 1. The summed E-state index contributed by atoms with van der Waals surface area (Å²) in [6.45, 7) is 0. The van der Waals surface area contributed by atoms with Crippen LogP contribution in [0.15, 0.2) is 61.1 Å². The van der Waals surface area contributed by atoms with E-state index in [1.54, 1.807) is 42.7 Å². The number of aromatic nitrogens is 4. The minimum atomic E-state index is -0.493. The summed E-state index contributed by atoms with van der Waals surface area (Å²) in [7, 11) is 0. The number of pyridine rings is 1. The summed E-state index contributed by atoms with van der Waals surface area (Å²) < 4.78 is 15.5. The van der Waals surface area contributed by atoms with Gasteiger partial charge in [0, 0.05) is 18.1 Å². The maximum atomic E-state index is 14.2. The Balaban J connectivity index is 1.77. The normalized spacial score (nSPS) is 10.8. The van der Waals surface area contributed by atoms with E-state index in [4.69, 9.17) is 11.6 Å². The van der Waals surface area contributed by atoms with Crippen molar-refractivity contribution in [2.24, 2.45) is 0 Å². The highest BCUT2D eigenvalue weighted by molar-refractivity contribution is 6.33. The predicted octanol–water partition coefficient (Wildman–Crippen LogP) is 3.84. The number of nitrogens with zero attached hydrogens (tertiary/aromatic N) is 4. The lowest BCUT2D eigenvalue weighted by atomic mass is 10.1. The maximum Gasteiger partial charge on any atom is 0.276 e. The Kier molecular flexibility index (Phi) is 4.06. The third-order valence-electron chi connectivity index (χ3n) is 3.75. The molecule has 0 aliphatic carbocycles. The molecule has 1 N–H and O–H groups in total. The topological polar surface area (TPSA) is 72.2 Å². The largest absolute Gasteiger partial charge is 0.320 e. The molecule has 4 rings (SSSR count). The fourth-order valence-electron chi connectivity index (χ4n) is 2.53. The molecule has 4 aromatic rings. The third kappa shape index (κ3) is 2.89. The third-order valence-corrected chi connectivity index (χ3v) is 4.07. The van der Waals surface area contributed by atoms with Crippen molar-refractivity contribution >= 4 is 28.8 Å². The zero-order valence-corrected chi connectivity index (χ0v) is 14.0. The fourth-order valence-corrected chi connectivity index (χ4v) is 2.79. The molecule has 0 bridgehead atoms. The van der Waals surface area contributed by atoms with Crippen molar-refractivity contribution in [3.8, 4) is 11.3 Å². The van der Waals surface area contributed by atoms with Gasteiger partial charge in [0.15, 0.2) is 11.3 Å². The van der Waals surface area contributed by atoms with Crippen molar-refractivity contribution in [3.63, 3.8) is 0 Å². The summed E-state index contributed by atoms with van der Waals surface area (Å²) in [6.07, 6.45) is 4.55. The Morgan fingerprint density at radius 1 is 1.12 bits per heavy atom. The number of imidazole rings is 1. The molecule has 0 spiro atoms. The second-order valence-electron chi connectivity index (χ2n) is 5.42. The number of carbonyl (C=O) groups is 1. The first kappa shape index (κ1) is 16.2. The predicted molar refractivity (Wildman–Crippen MR) is 95.6 cm³/mol. The second kappa shape index (κ2) is 6.53. The summed E-state index contributed by atoms with van der Waals surface area (Å²) in [5.74, 6) is -0.889. The second-order valence-corrected chi connectivity index (χ2v) is 5.83. The number of anilines is 1. The van der Waals surface area contributed by atoms with Gasteiger partial charge in [-0.1, -0.05) is 17.7 Å². The quantitative estimate of drug-likeness (QED) is 0.597. The maximum absolute atomic E-state index is 14.2. The number of rotatable bonds is 3. The van der Waals surface area contributed by atoms with Crippen LogP contribution in [0.1, 0.15) is 10.5 Å². The Hall–Kier alpha value is -3.32. The van der Waals surface area contributed by atoms with E-state index in [0.717, 1.165) is 0 Å². The van der Waals surface area contributed by atoms with Crippen LogP contribution < -0.4 is 5.32 Å². The number of hydrogen-bond donors (Lipinski definition) is 1. The molecule has 0 aliphatic rings. The minimum absolute atomic E-state index is 0.172. The van der Waals surface area contributed by atoms with Gasteiger partial charge < -0.3 is 5.32 Å². The van der Waals surface area contributed by atoms with E-state index >= 15 is 0 Å². The molecule has 6 nitrogen and oxygen atoms in total. The average molecular weight is 368 g/mol. The van der Waals surface area contributed by atoms with Gasteiger partial charge in [0.25, 0.3) is 5.91 Å². The highest BCUT2D eigenvalue weighted by Gasteiger charge is 2.16. The van der Waals surface area contributed by atoms with Crippen LogP contribution in [0.5, 0.6) is 0 Å². The molecule has 26 heavy (non-hydrogen) atoms. The van der Waals surface area contributed by atoms with E-state index in [0.29, 0.717) is 17.0 Å². The lowest BCUT2D eigenvalue weighted by Gasteiger charge is -2.07. The van der Waals surface area contributed by atoms with Gasteiger partial charge in [0.1, 0.15) is 5.82 Å². The van der Waals surface area contributed by atoms with Gasteiger partial charge >= 0.3 is 0 Å². The summed E-state index contributed by atoms with van der Waals surface area (Å²) in [6, 6.07) is 11.0. The number of benzene rings is 1. The van der Waals surface area contributed by atoms with Crippen molar-refractivity contribution in [1.82, 2.24) is 19.6 Å². The van der Waals surface area contributed by atoms with E-state index in [1.807, 2.05) is 0 Å². The van der Waals surface area contributed by atoms with Crippen LogP contribution in [0.4, 0.5) is 10.1 Å². The lowest BCUT2D eigenvalue weighted by molar-refractivity contribution is 0.102. The number of nitrogens with one attached hydrogen (secondary N) is 1. The standard InChI is InChI=1S/C18H11ClFN5O/c19-12-2-1-3-13(20)17(12)14-4-5-16-22-10-15(25(16)24-14)18(26)23-11-6-8-21-9-7-11/h1-10H,(H,21,23,26). The molecule has 1 amide bonds. The average Bonchev–Trinajstić information content (AvgIpc) is 3.06. The number of carbonyl (C=O) groups excluding carboxylic acids is 1. The van der Waals surface area contributed by atoms with Crippen LogP contribution in [0, 0.1) is 5.82 Å². The Bertz CT molecular complexity index is 1090. The summed E-state index contributed by atoms with van der Waals surface area (Å²) in [5.41, 5.74) is 1.74. The SMILES string of the molecule is O=C(Nc1ccncc1)c1cnc2ccc(-c3c(F)cccc3Cl)nn12. The summed E-state index contributed by atoms with van der Waals surface area (Å²) in [5, 5.41) is 7.32. The molecule has 0 saturated carbocycles. The van der Waals surface area contributed by atoms with Crippen molar-refractivity contribution in [3.05, 3.63) is 77.6 Å². The number of fused-ring (bicyclic) bond motifs is 1.